The predicted molar refractivity (Wildman–Crippen MR) is 59.2 cm³/mol. The smallest absolute Gasteiger partial charge is 0.246 e. The number of aliphatic hydroxyl groups is 1. The van der Waals surface area contributed by atoms with Crippen LogP contribution in [0.5, 0.6) is 0 Å². The van der Waals surface area contributed by atoms with Gasteiger partial charge in [0.2, 0.25) is 10.0 Å². The lowest BCUT2D eigenvalue weighted by Gasteiger charge is -2.05. The van der Waals surface area contributed by atoms with Gasteiger partial charge < -0.3 is 10.8 Å². The highest BCUT2D eigenvalue weighted by molar-refractivity contribution is 7.89. The Morgan fingerprint density at radius 1 is 1.56 bits per heavy atom. The Morgan fingerprint density at radius 3 is 2.62 bits per heavy atom. The normalized spacial score (nSPS) is 11.9. The largest absolute Gasteiger partial charge is 0.396 e. The van der Waals surface area contributed by atoms with Crippen LogP contribution < -0.4 is 10.5 Å². The molecule has 0 fully saturated rings. The highest BCUT2D eigenvalue weighted by atomic mass is 32.2. The van der Waals surface area contributed by atoms with E-state index in [9.17, 15) is 8.42 Å². The molecule has 0 saturated carbocycles. The zero-order valence-electron chi connectivity index (χ0n) is 9.27. The van der Waals surface area contributed by atoms with Crippen molar-refractivity contribution in [3.63, 3.8) is 0 Å². The Bertz CT molecular complexity index is 466. The van der Waals surface area contributed by atoms with Crippen LogP contribution in [0.2, 0.25) is 0 Å². The Kier molecular flexibility index (Phi) is 3.89. The summed E-state index contributed by atoms with van der Waals surface area (Å²) >= 11 is 0. The van der Waals surface area contributed by atoms with Gasteiger partial charge in [0.15, 0.2) is 5.82 Å². The van der Waals surface area contributed by atoms with E-state index in [-0.39, 0.29) is 23.9 Å². The van der Waals surface area contributed by atoms with Gasteiger partial charge in [0, 0.05) is 20.2 Å². The number of rotatable bonds is 5. The van der Waals surface area contributed by atoms with Crippen LogP contribution in [0.15, 0.2) is 4.90 Å². The fourth-order valence-electron chi connectivity index (χ4n) is 1.30. The minimum atomic E-state index is -3.64. The molecule has 0 aliphatic heterocycles. The van der Waals surface area contributed by atoms with Crippen molar-refractivity contribution in [3.8, 4) is 0 Å². The molecule has 0 unspecified atom stereocenters. The quantitative estimate of drug-likeness (QED) is 0.577. The molecular formula is C8H16N4O3S. The molecule has 0 atom stereocenters. The molecule has 0 bridgehead atoms. The number of nitrogens with zero attached hydrogens (tertiary/aromatic N) is 2. The zero-order chi connectivity index (χ0) is 12.3. The molecule has 4 N–H and O–H groups in total. The third-order valence-electron chi connectivity index (χ3n) is 2.20. The summed E-state index contributed by atoms with van der Waals surface area (Å²) in [5.41, 5.74) is 6.01. The van der Waals surface area contributed by atoms with Gasteiger partial charge in [-0.15, -0.1) is 0 Å². The van der Waals surface area contributed by atoms with Gasteiger partial charge in [-0.1, -0.05) is 0 Å². The highest BCUT2D eigenvalue weighted by Gasteiger charge is 2.23. The maximum atomic E-state index is 11.8. The Labute approximate surface area is 94.3 Å². The molecule has 1 rings (SSSR count). The molecule has 0 aromatic carbocycles. The fourth-order valence-corrected chi connectivity index (χ4v) is 2.70. The van der Waals surface area contributed by atoms with Crippen LogP contribution in [0.25, 0.3) is 0 Å². The van der Waals surface area contributed by atoms with Crippen molar-refractivity contribution in [2.75, 3.05) is 18.9 Å². The maximum absolute atomic E-state index is 11.8. The molecule has 0 amide bonds. The summed E-state index contributed by atoms with van der Waals surface area (Å²) in [5.74, 6) is -0.0171. The summed E-state index contributed by atoms with van der Waals surface area (Å²) in [6, 6.07) is 0. The van der Waals surface area contributed by atoms with E-state index in [2.05, 4.69) is 9.82 Å². The van der Waals surface area contributed by atoms with Crippen molar-refractivity contribution in [2.45, 2.75) is 18.2 Å². The number of hydrogen-bond donors (Lipinski definition) is 3. The van der Waals surface area contributed by atoms with Crippen LogP contribution in [-0.2, 0) is 17.1 Å². The van der Waals surface area contributed by atoms with Crippen LogP contribution in [-0.4, -0.2) is 36.5 Å². The van der Waals surface area contributed by atoms with Crippen LogP contribution in [0, 0.1) is 6.92 Å². The van der Waals surface area contributed by atoms with Gasteiger partial charge in [0.1, 0.15) is 4.90 Å². The number of nitrogens with one attached hydrogen (secondary N) is 1. The van der Waals surface area contributed by atoms with Crippen LogP contribution >= 0.6 is 0 Å². The number of aromatic nitrogens is 2. The molecular weight excluding hydrogens is 232 g/mol. The Balaban J connectivity index is 2.98. The molecule has 1 aromatic rings. The summed E-state index contributed by atoms with van der Waals surface area (Å²) < 4.78 is 27.4. The maximum Gasteiger partial charge on any atom is 0.246 e. The summed E-state index contributed by atoms with van der Waals surface area (Å²) in [4.78, 5) is 0.00735. The Hall–Kier alpha value is -1.12. The third kappa shape index (κ3) is 2.52. The number of nitrogens with two attached hydrogens (primary N) is 1. The van der Waals surface area contributed by atoms with E-state index in [1.54, 1.807) is 14.0 Å². The summed E-state index contributed by atoms with van der Waals surface area (Å²) in [7, 11) is -2.02. The lowest BCUT2D eigenvalue weighted by Crippen LogP contribution is -2.26. The molecule has 7 nitrogen and oxygen atoms in total. The molecule has 0 aliphatic carbocycles. The summed E-state index contributed by atoms with van der Waals surface area (Å²) in [6.07, 6.45) is 0.360. The van der Waals surface area contributed by atoms with Crippen LogP contribution in [0.1, 0.15) is 12.1 Å². The second-order valence-corrected chi connectivity index (χ2v) is 5.10. The van der Waals surface area contributed by atoms with Gasteiger partial charge in [-0.3, -0.25) is 4.68 Å². The summed E-state index contributed by atoms with van der Waals surface area (Å²) in [6.45, 7) is 1.74. The minimum Gasteiger partial charge on any atom is -0.396 e. The summed E-state index contributed by atoms with van der Waals surface area (Å²) in [5, 5.41) is 12.4. The number of anilines is 1. The van der Waals surface area contributed by atoms with E-state index in [0.29, 0.717) is 12.1 Å². The zero-order valence-corrected chi connectivity index (χ0v) is 10.1. The average Bonchev–Trinajstić information content (AvgIpc) is 2.41. The first-order valence-electron chi connectivity index (χ1n) is 4.79. The number of aryl methyl sites for hydroxylation is 1. The molecule has 0 radical (unpaired) electrons. The number of sulfonamides is 1. The molecule has 1 aromatic heterocycles. The molecule has 0 saturated heterocycles. The average molecular weight is 248 g/mol. The Morgan fingerprint density at radius 2 is 2.19 bits per heavy atom. The number of nitrogen functional groups attached to an aromatic ring is 1. The second-order valence-electron chi connectivity index (χ2n) is 3.40. The molecule has 1 heterocycles. The monoisotopic (exact) mass is 248 g/mol. The standard InChI is InChI=1S/C8H16N4O3S/c1-6-7(8(9)11-12(6)2)16(14,15)10-4-3-5-13/h10,13H,3-5H2,1-2H3,(H2,9,11). The molecule has 8 heteroatoms. The molecule has 92 valence electrons. The lowest BCUT2D eigenvalue weighted by molar-refractivity contribution is 0.289. The van der Waals surface area contributed by atoms with Gasteiger partial charge in [0.05, 0.1) is 5.69 Å². The topological polar surface area (TPSA) is 110 Å². The minimum absolute atomic E-state index is 0.00735. The third-order valence-corrected chi connectivity index (χ3v) is 3.83. The van der Waals surface area contributed by atoms with E-state index in [1.165, 1.54) is 4.68 Å². The van der Waals surface area contributed by atoms with E-state index >= 15 is 0 Å². The molecule has 0 spiro atoms. The van der Waals surface area contributed by atoms with Crippen molar-refractivity contribution >= 4 is 15.8 Å². The SMILES string of the molecule is Cc1c(S(=O)(=O)NCCCO)c(N)nn1C. The highest BCUT2D eigenvalue weighted by Crippen LogP contribution is 2.20. The fraction of sp³-hybridized carbons (Fsp3) is 0.625. The van der Waals surface area contributed by atoms with E-state index in [0.717, 1.165) is 0 Å². The van der Waals surface area contributed by atoms with Gasteiger partial charge in [0.25, 0.3) is 0 Å². The van der Waals surface area contributed by atoms with E-state index in [1.807, 2.05) is 0 Å². The van der Waals surface area contributed by atoms with Crippen LogP contribution in [0.4, 0.5) is 5.82 Å². The lowest BCUT2D eigenvalue weighted by atomic mass is 10.5. The van der Waals surface area contributed by atoms with Crippen molar-refractivity contribution < 1.29 is 13.5 Å². The predicted octanol–water partition coefficient (Wildman–Crippen LogP) is -1.03. The van der Waals surface area contributed by atoms with Gasteiger partial charge >= 0.3 is 0 Å². The second kappa shape index (κ2) is 4.81. The molecule has 16 heavy (non-hydrogen) atoms. The van der Waals surface area contributed by atoms with Crippen molar-refractivity contribution in [1.29, 1.82) is 0 Å². The van der Waals surface area contributed by atoms with Crippen LogP contribution in [0.3, 0.4) is 0 Å². The van der Waals surface area contributed by atoms with Crippen molar-refractivity contribution in [2.24, 2.45) is 7.05 Å². The van der Waals surface area contributed by atoms with Gasteiger partial charge in [-0.25, -0.2) is 13.1 Å². The van der Waals surface area contributed by atoms with Gasteiger partial charge in [-0.05, 0) is 13.3 Å². The number of aliphatic hydroxyl groups excluding tert-OH is 1. The van der Waals surface area contributed by atoms with E-state index in [4.69, 9.17) is 10.8 Å². The van der Waals surface area contributed by atoms with Gasteiger partial charge in [-0.2, -0.15) is 5.10 Å². The first-order valence-corrected chi connectivity index (χ1v) is 6.28. The van der Waals surface area contributed by atoms with Crippen molar-refractivity contribution in [3.05, 3.63) is 5.69 Å². The molecule has 0 aliphatic rings. The first kappa shape index (κ1) is 12.9. The van der Waals surface area contributed by atoms with E-state index < -0.39 is 10.0 Å². The van der Waals surface area contributed by atoms with Crippen molar-refractivity contribution in [1.82, 2.24) is 14.5 Å². The number of hydrogen-bond acceptors (Lipinski definition) is 5. The first-order chi connectivity index (χ1) is 7.40.